The number of carbonyl (C=O) groups is 2. The van der Waals surface area contributed by atoms with Crippen LogP contribution in [0.25, 0.3) is 10.8 Å². The van der Waals surface area contributed by atoms with E-state index < -0.39 is 23.8 Å². The molecule has 1 aromatic heterocycles. The molecular weight excluding hydrogens is 421 g/mol. The Morgan fingerprint density at radius 2 is 1.81 bits per heavy atom. The molecule has 0 radical (unpaired) electrons. The topological polar surface area (TPSA) is 97.0 Å². The van der Waals surface area contributed by atoms with Gasteiger partial charge in [0.25, 0.3) is 0 Å². The molecule has 0 saturated heterocycles. The molecule has 0 aliphatic heterocycles. The first-order valence-corrected chi connectivity index (χ1v) is 7.74. The van der Waals surface area contributed by atoms with Gasteiger partial charge in [-0.1, -0.05) is 33.3 Å². The largest absolute Gasteiger partial charge is 0.491 e. The molecular formula is C15H8BrF3N4O3. The maximum Gasteiger partial charge on any atom is 0.491 e. The molecule has 0 unspecified atom stereocenters. The highest BCUT2D eigenvalue weighted by Gasteiger charge is 2.43. The molecule has 0 amide bonds. The first-order chi connectivity index (χ1) is 12.2. The number of hydrogen-bond donors (Lipinski definition) is 2. The predicted octanol–water partition coefficient (Wildman–Crippen LogP) is 3.71. The minimum absolute atomic E-state index is 0.179. The van der Waals surface area contributed by atoms with Crippen molar-refractivity contribution >= 4 is 50.1 Å². The van der Waals surface area contributed by atoms with Crippen molar-refractivity contribution in [2.75, 3.05) is 5.32 Å². The number of aromatic nitrogens is 3. The highest BCUT2D eigenvalue weighted by Crippen LogP contribution is 2.25. The quantitative estimate of drug-likeness (QED) is 0.487. The number of alkyl halides is 3. The summed E-state index contributed by atoms with van der Waals surface area (Å²) in [5.74, 6) is -4.36. The van der Waals surface area contributed by atoms with Gasteiger partial charge < -0.3 is 10.1 Å². The van der Waals surface area contributed by atoms with Crippen LogP contribution in [-0.4, -0.2) is 33.5 Å². The van der Waals surface area contributed by atoms with Gasteiger partial charge in [-0.2, -0.15) is 13.2 Å². The van der Waals surface area contributed by atoms with Crippen LogP contribution in [-0.2, 0) is 9.53 Å². The minimum Gasteiger partial charge on any atom is -0.381 e. The molecule has 7 nitrogen and oxygen atoms in total. The van der Waals surface area contributed by atoms with Crippen molar-refractivity contribution in [3.05, 3.63) is 46.6 Å². The zero-order valence-electron chi connectivity index (χ0n) is 12.6. The Labute approximate surface area is 151 Å². The van der Waals surface area contributed by atoms with Crippen molar-refractivity contribution in [1.29, 1.82) is 0 Å². The number of fused-ring (bicyclic) bond motifs is 1. The number of ether oxygens (including phenoxy) is 1. The van der Waals surface area contributed by atoms with Gasteiger partial charge in [0.1, 0.15) is 0 Å². The van der Waals surface area contributed by atoms with Crippen molar-refractivity contribution in [1.82, 2.24) is 15.4 Å². The molecule has 2 aromatic carbocycles. The van der Waals surface area contributed by atoms with Gasteiger partial charge in [-0.25, -0.2) is 14.7 Å². The lowest BCUT2D eigenvalue weighted by Crippen LogP contribution is -2.28. The number of rotatable bonds is 3. The maximum absolute atomic E-state index is 12.2. The number of nitrogens with one attached hydrogen (secondary N) is 2. The summed E-state index contributed by atoms with van der Waals surface area (Å²) in [4.78, 5) is 22.5. The van der Waals surface area contributed by atoms with E-state index in [1.165, 1.54) is 0 Å². The van der Waals surface area contributed by atoms with Gasteiger partial charge in [0, 0.05) is 10.2 Å². The van der Waals surface area contributed by atoms with Crippen molar-refractivity contribution in [2.24, 2.45) is 0 Å². The lowest BCUT2D eigenvalue weighted by atomic mass is 10.1. The molecule has 0 atom stereocenters. The third-order valence-corrected chi connectivity index (χ3v) is 3.73. The van der Waals surface area contributed by atoms with E-state index in [1.807, 2.05) is 18.2 Å². The van der Waals surface area contributed by atoms with Crippen LogP contribution in [0.3, 0.4) is 0 Å². The summed E-state index contributed by atoms with van der Waals surface area (Å²) in [5.41, 5.74) is -0.0107. The molecule has 26 heavy (non-hydrogen) atoms. The molecule has 2 N–H and O–H groups in total. The molecule has 0 aliphatic rings. The number of hydrogen-bond acceptors (Lipinski definition) is 6. The molecule has 11 heteroatoms. The monoisotopic (exact) mass is 428 g/mol. The van der Waals surface area contributed by atoms with Crippen LogP contribution >= 0.6 is 15.9 Å². The highest BCUT2D eigenvalue weighted by atomic mass is 79.9. The van der Waals surface area contributed by atoms with Crippen molar-refractivity contribution in [3.63, 3.8) is 0 Å². The van der Waals surface area contributed by atoms with Crippen molar-refractivity contribution in [3.8, 4) is 0 Å². The third kappa shape index (κ3) is 3.82. The van der Waals surface area contributed by atoms with Gasteiger partial charge >= 0.3 is 18.1 Å². The molecule has 0 aliphatic carbocycles. The number of esters is 2. The molecule has 3 aromatic rings. The van der Waals surface area contributed by atoms with Crippen LogP contribution in [0.1, 0.15) is 10.5 Å². The summed E-state index contributed by atoms with van der Waals surface area (Å²) in [6.45, 7) is 0. The lowest BCUT2D eigenvalue weighted by Gasteiger charge is -2.07. The molecule has 134 valence electrons. The van der Waals surface area contributed by atoms with Crippen LogP contribution in [0.2, 0.25) is 0 Å². The van der Waals surface area contributed by atoms with Crippen molar-refractivity contribution < 1.29 is 27.5 Å². The summed E-state index contributed by atoms with van der Waals surface area (Å²) in [6, 6.07) is 10.8. The Bertz CT molecular complexity index is 1000. The van der Waals surface area contributed by atoms with Gasteiger partial charge in [-0.05, 0) is 35.0 Å². The van der Waals surface area contributed by atoms with E-state index in [0.29, 0.717) is 5.69 Å². The van der Waals surface area contributed by atoms with Crippen LogP contribution in [0.15, 0.2) is 40.9 Å². The fraction of sp³-hybridized carbons (Fsp3) is 0.0667. The van der Waals surface area contributed by atoms with Gasteiger partial charge in [0.15, 0.2) is 11.5 Å². The Hall–Kier alpha value is -2.95. The summed E-state index contributed by atoms with van der Waals surface area (Å²) in [7, 11) is 0. The summed E-state index contributed by atoms with van der Waals surface area (Å²) < 4.78 is 41.2. The average Bonchev–Trinajstić information content (AvgIpc) is 3.02. The van der Waals surface area contributed by atoms with E-state index in [-0.39, 0.29) is 5.82 Å². The smallest absolute Gasteiger partial charge is 0.381 e. The number of nitrogens with zero attached hydrogens (tertiary/aromatic N) is 2. The fourth-order valence-electron chi connectivity index (χ4n) is 2.08. The minimum atomic E-state index is -5.29. The highest BCUT2D eigenvalue weighted by molar-refractivity contribution is 9.10. The van der Waals surface area contributed by atoms with Crippen LogP contribution in [0.4, 0.5) is 24.7 Å². The van der Waals surface area contributed by atoms with E-state index in [0.717, 1.165) is 15.2 Å². The Balaban J connectivity index is 1.82. The summed E-state index contributed by atoms with van der Waals surface area (Å²) in [6.07, 6.45) is -5.29. The zero-order valence-corrected chi connectivity index (χ0v) is 14.2. The van der Waals surface area contributed by atoms with Crippen LogP contribution in [0.5, 0.6) is 0 Å². The molecule has 0 spiro atoms. The Kier molecular flexibility index (Phi) is 4.64. The Morgan fingerprint density at radius 1 is 1.12 bits per heavy atom. The van der Waals surface area contributed by atoms with Crippen LogP contribution in [0, 0.1) is 0 Å². The van der Waals surface area contributed by atoms with E-state index in [1.54, 1.807) is 18.2 Å². The lowest BCUT2D eigenvalue weighted by molar-refractivity contribution is -0.193. The van der Waals surface area contributed by atoms with Gasteiger partial charge in [-0.15, -0.1) is 5.10 Å². The number of benzene rings is 2. The van der Waals surface area contributed by atoms with E-state index >= 15 is 0 Å². The van der Waals surface area contributed by atoms with E-state index in [9.17, 15) is 22.8 Å². The molecule has 0 fully saturated rings. The van der Waals surface area contributed by atoms with Gasteiger partial charge in [-0.3, -0.25) is 0 Å². The Morgan fingerprint density at radius 3 is 2.54 bits per heavy atom. The van der Waals surface area contributed by atoms with Gasteiger partial charge in [0.05, 0.1) is 0 Å². The third-order valence-electron chi connectivity index (χ3n) is 3.23. The number of aromatic amines is 1. The number of H-pyrrole nitrogens is 1. The normalized spacial score (nSPS) is 11.4. The molecule has 3 rings (SSSR count). The van der Waals surface area contributed by atoms with E-state index in [2.05, 4.69) is 41.4 Å². The second kappa shape index (κ2) is 6.75. The second-order valence-corrected chi connectivity index (χ2v) is 5.96. The summed E-state index contributed by atoms with van der Waals surface area (Å²) in [5, 5.41) is 13.6. The molecule has 0 saturated carbocycles. The van der Waals surface area contributed by atoms with Gasteiger partial charge in [0.2, 0.25) is 0 Å². The second-order valence-electron chi connectivity index (χ2n) is 5.04. The number of halogens is 4. The van der Waals surface area contributed by atoms with E-state index in [4.69, 9.17) is 0 Å². The first-order valence-electron chi connectivity index (χ1n) is 6.95. The van der Waals surface area contributed by atoms with Crippen molar-refractivity contribution in [2.45, 2.75) is 6.18 Å². The zero-order chi connectivity index (χ0) is 18.9. The first kappa shape index (κ1) is 17.9. The number of anilines is 2. The maximum atomic E-state index is 12.2. The fourth-order valence-corrected chi connectivity index (χ4v) is 2.46. The standard InChI is InChI=1S/C15H8BrF3N4O3/c16-9-3-1-8-6-10(4-2-7(8)5-9)20-12-11(21-23-22-12)13(24)26-14(25)15(17,18)19/h1-6H,(H2,20,21,22,23). The van der Waals surface area contributed by atoms with Crippen LogP contribution < -0.4 is 5.32 Å². The summed E-state index contributed by atoms with van der Waals surface area (Å²) >= 11 is 3.36. The predicted molar refractivity (Wildman–Crippen MR) is 87.8 cm³/mol. The average molecular weight is 429 g/mol. The number of carbonyl (C=O) groups excluding carboxylic acids is 2. The molecule has 0 bridgehead atoms. The SMILES string of the molecule is O=C(OC(=O)C(F)(F)F)c1[nH]nnc1Nc1ccc2cc(Br)ccc2c1. The molecule has 1 heterocycles.